The Morgan fingerprint density at radius 2 is 1.96 bits per heavy atom. The van der Waals surface area contributed by atoms with E-state index in [1.165, 1.54) is 0 Å². The van der Waals surface area contributed by atoms with Gasteiger partial charge in [0.1, 0.15) is 6.73 Å². The van der Waals surface area contributed by atoms with Crippen LogP contribution in [0.25, 0.3) is 21.1 Å². The number of hydrogen-bond donors (Lipinski definition) is 1. The highest BCUT2D eigenvalue weighted by Crippen LogP contribution is 2.38. The van der Waals surface area contributed by atoms with Gasteiger partial charge in [0.05, 0.1) is 44.9 Å². The van der Waals surface area contributed by atoms with Crippen molar-refractivity contribution in [3.05, 3.63) is 47.4 Å². The maximum absolute atomic E-state index is 13.9. The number of piperidine rings is 2. The van der Waals surface area contributed by atoms with Crippen LogP contribution in [0.1, 0.15) is 59.3 Å². The lowest BCUT2D eigenvalue weighted by Gasteiger charge is -2.38. The zero-order chi connectivity index (χ0) is 34.2. The number of benzene rings is 1. The van der Waals surface area contributed by atoms with E-state index in [9.17, 15) is 9.59 Å². The highest BCUT2D eigenvalue weighted by molar-refractivity contribution is 7.18. The summed E-state index contributed by atoms with van der Waals surface area (Å²) in [6, 6.07) is 6.94. The van der Waals surface area contributed by atoms with E-state index in [1.54, 1.807) is 44.4 Å². The first-order chi connectivity index (χ1) is 22.8. The molecule has 1 N–H and O–H groups in total. The molecule has 10 nitrogen and oxygen atoms in total. The molecule has 0 radical (unpaired) electrons. The molecule has 6 rings (SSSR count). The van der Waals surface area contributed by atoms with Crippen molar-refractivity contribution in [3.8, 4) is 0 Å². The Labute approximate surface area is 274 Å². The quantitative estimate of drug-likeness (QED) is 0.140. The molecule has 0 saturated carbocycles. The Balaban J connectivity index is 1.17. The van der Waals surface area contributed by atoms with Crippen LogP contribution in [0.3, 0.4) is 0 Å². The van der Waals surface area contributed by atoms with Gasteiger partial charge in [-0.1, -0.05) is 32.6 Å². The second-order valence-corrected chi connectivity index (χ2v) is 20.5. The summed E-state index contributed by atoms with van der Waals surface area (Å²) >= 11 is 1.66. The van der Waals surface area contributed by atoms with E-state index in [0.717, 1.165) is 57.9 Å². The van der Waals surface area contributed by atoms with Crippen LogP contribution < -0.4 is 5.32 Å². The smallest absolute Gasteiger partial charge is 0.314 e. The second kappa shape index (κ2) is 13.3. The van der Waals surface area contributed by atoms with Gasteiger partial charge in [0.2, 0.25) is 0 Å². The molecule has 0 aliphatic carbocycles. The maximum Gasteiger partial charge on any atom is 0.314 e. The van der Waals surface area contributed by atoms with E-state index in [1.807, 2.05) is 6.07 Å². The molecule has 2 fully saturated rings. The Kier molecular flexibility index (Phi) is 8.28. The fourth-order valence-corrected chi connectivity index (χ4v) is 8.13. The fourth-order valence-electron chi connectivity index (χ4n) is 6.26. The Bertz CT molecular complexity index is 1780. The zero-order valence-electron chi connectivity index (χ0n) is 29.6. The number of pyridine rings is 1. The molecule has 2 aliphatic heterocycles. The SMILES string of the molecule is [2H]C([2H])([2H])N1CCC(c2nc3cc(C4CC[C@H](C)CN4C(=O)C(=O)Nc4cncc5cnn(COCC[Si](C)(C)C)c45)ccc3s2)CC1. The van der Waals surface area contributed by atoms with Crippen molar-refractivity contribution in [3.63, 3.8) is 0 Å². The third-order valence-corrected chi connectivity index (χ3v) is 11.8. The number of likely N-dealkylation sites (tertiary alicyclic amines) is 2. The monoisotopic (exact) mass is 650 g/mol. The highest BCUT2D eigenvalue weighted by Gasteiger charge is 2.35. The van der Waals surface area contributed by atoms with Crippen LogP contribution in [0, 0.1) is 5.92 Å². The molecule has 240 valence electrons. The molecule has 2 atom stereocenters. The van der Waals surface area contributed by atoms with E-state index >= 15 is 0 Å². The standard InChI is InChI=1S/C33H45N7O3SSi/c1-22-6-8-28(24-7-9-29-26(16-24)37-32(44-29)23-10-12-38(2)13-11-23)39(20-22)33(42)31(41)36-27-19-34-17-25-18-35-40(30(25)27)21-43-14-15-45(3,4)5/h7,9,16-19,22-23,28H,6,8,10-15,20-21H2,1-5H3,(H,36,41)/t22-,28?/m0/s1/i2D3. The van der Waals surface area contributed by atoms with Crippen molar-refractivity contribution in [2.75, 3.05) is 38.5 Å². The third kappa shape index (κ3) is 7.29. The van der Waals surface area contributed by atoms with E-state index < -0.39 is 26.9 Å². The van der Waals surface area contributed by atoms with E-state index in [4.69, 9.17) is 13.8 Å². The molecule has 3 aromatic heterocycles. The first-order valence-corrected chi connectivity index (χ1v) is 20.4. The minimum Gasteiger partial charge on any atom is -0.360 e. The number of aromatic nitrogens is 4. The number of carbonyl (C=O) groups is 2. The van der Waals surface area contributed by atoms with Crippen molar-refractivity contribution in [2.24, 2.45) is 5.92 Å². The van der Waals surface area contributed by atoms with Crippen molar-refractivity contribution in [1.82, 2.24) is 29.5 Å². The average Bonchev–Trinajstić information content (AvgIpc) is 3.66. The van der Waals surface area contributed by atoms with Gasteiger partial charge in [-0.15, -0.1) is 11.3 Å². The lowest BCUT2D eigenvalue weighted by atomic mass is 9.89. The molecule has 0 bridgehead atoms. The number of ether oxygens (including phenoxy) is 1. The van der Waals surface area contributed by atoms with Gasteiger partial charge < -0.3 is 19.9 Å². The van der Waals surface area contributed by atoms with Gasteiger partial charge in [-0.3, -0.25) is 14.6 Å². The molecular weight excluding hydrogens is 603 g/mol. The predicted molar refractivity (Wildman–Crippen MR) is 182 cm³/mol. The summed E-state index contributed by atoms with van der Waals surface area (Å²) in [7, 11) is -1.24. The van der Waals surface area contributed by atoms with Gasteiger partial charge in [-0.05, 0) is 75.4 Å². The normalized spacial score (nSPS) is 21.5. The molecule has 2 aliphatic rings. The number of fused-ring (bicyclic) bond motifs is 2. The molecule has 12 heteroatoms. The highest BCUT2D eigenvalue weighted by atomic mass is 32.1. The first kappa shape index (κ1) is 28.1. The molecule has 1 unspecified atom stereocenters. The third-order valence-electron chi connectivity index (χ3n) is 8.93. The maximum atomic E-state index is 13.9. The minimum absolute atomic E-state index is 0.230. The largest absolute Gasteiger partial charge is 0.360 e. The van der Waals surface area contributed by atoms with Crippen molar-refractivity contribution >= 4 is 58.0 Å². The zero-order valence-corrected chi connectivity index (χ0v) is 28.4. The summed E-state index contributed by atoms with van der Waals surface area (Å²) in [6.07, 6.45) is 8.13. The molecule has 5 heterocycles. The van der Waals surface area contributed by atoms with Gasteiger partial charge >= 0.3 is 11.8 Å². The van der Waals surface area contributed by atoms with Crippen LogP contribution in [0.4, 0.5) is 5.69 Å². The molecule has 0 spiro atoms. The van der Waals surface area contributed by atoms with Gasteiger partial charge in [-0.25, -0.2) is 9.67 Å². The molecular formula is C33H45N7O3SSi. The lowest BCUT2D eigenvalue weighted by molar-refractivity contribution is -0.146. The Morgan fingerprint density at radius 1 is 1.13 bits per heavy atom. The Morgan fingerprint density at radius 3 is 2.73 bits per heavy atom. The van der Waals surface area contributed by atoms with E-state index in [0.29, 0.717) is 37.4 Å². The molecule has 45 heavy (non-hydrogen) atoms. The topological polar surface area (TPSA) is 105 Å². The van der Waals surface area contributed by atoms with Crippen LogP contribution in [0.5, 0.6) is 0 Å². The number of carbonyl (C=O) groups excluding carboxylic acids is 2. The number of anilines is 1. The molecule has 2 saturated heterocycles. The van der Waals surface area contributed by atoms with E-state index in [2.05, 4.69) is 54.1 Å². The van der Waals surface area contributed by atoms with Crippen LogP contribution in [0.15, 0.2) is 36.8 Å². The fraction of sp³-hybridized carbons (Fsp3) is 0.545. The predicted octanol–water partition coefficient (Wildman–Crippen LogP) is 6.10. The van der Waals surface area contributed by atoms with Crippen LogP contribution in [-0.4, -0.2) is 82.7 Å². The summed E-state index contributed by atoms with van der Waals surface area (Å²) in [5.41, 5.74) is 2.91. The van der Waals surface area contributed by atoms with Crippen LogP contribution >= 0.6 is 11.3 Å². The minimum atomic E-state index is -2.06. The number of hydrogen-bond acceptors (Lipinski definition) is 8. The summed E-state index contributed by atoms with van der Waals surface area (Å²) < 4.78 is 31.8. The van der Waals surface area contributed by atoms with Crippen LogP contribution in [-0.2, 0) is 21.1 Å². The molecule has 2 amide bonds. The van der Waals surface area contributed by atoms with Crippen molar-refractivity contribution < 1.29 is 18.4 Å². The summed E-state index contributed by atoms with van der Waals surface area (Å²) in [5, 5.41) is 9.07. The number of thiazole rings is 1. The average molecular weight is 651 g/mol. The van der Waals surface area contributed by atoms with Crippen molar-refractivity contribution in [1.29, 1.82) is 0 Å². The van der Waals surface area contributed by atoms with Crippen LogP contribution in [0.2, 0.25) is 25.7 Å². The Hall–Kier alpha value is -3.19. The number of rotatable bonds is 8. The van der Waals surface area contributed by atoms with Crippen molar-refractivity contribution in [2.45, 2.75) is 77.0 Å². The summed E-state index contributed by atoms with van der Waals surface area (Å²) in [5.74, 6) is -0.806. The van der Waals surface area contributed by atoms with Gasteiger partial charge in [0.25, 0.3) is 0 Å². The summed E-state index contributed by atoms with van der Waals surface area (Å²) in [4.78, 5) is 40.0. The number of amides is 2. The van der Waals surface area contributed by atoms with E-state index in [-0.39, 0.29) is 24.6 Å². The number of nitrogens with one attached hydrogen (secondary N) is 1. The lowest BCUT2D eigenvalue weighted by Crippen LogP contribution is -2.46. The van der Waals surface area contributed by atoms with Gasteiger partial charge in [-0.2, -0.15) is 5.10 Å². The van der Waals surface area contributed by atoms with Gasteiger partial charge in [0, 0.05) is 42.8 Å². The second-order valence-electron chi connectivity index (χ2n) is 13.8. The molecule has 1 aromatic carbocycles. The number of nitrogens with zero attached hydrogens (tertiary/aromatic N) is 6. The first-order valence-electron chi connectivity index (χ1n) is 17.4. The molecule has 4 aromatic rings. The van der Waals surface area contributed by atoms with Gasteiger partial charge in [0.15, 0.2) is 0 Å². The summed E-state index contributed by atoms with van der Waals surface area (Å²) in [6.45, 7) is 9.36.